The monoisotopic (exact) mass is 295 g/mol. The second-order valence-corrected chi connectivity index (χ2v) is 5.36. The van der Waals surface area contributed by atoms with Crippen molar-refractivity contribution >= 4 is 23.5 Å². The number of hydrogen-bond donors (Lipinski definition) is 3. The number of nitrogens with two attached hydrogens (primary N) is 1. The molecule has 6 heteroatoms. The second kappa shape index (κ2) is 6.24. The average molecular weight is 296 g/mol. The lowest BCUT2D eigenvalue weighted by Crippen LogP contribution is -2.43. The van der Waals surface area contributed by atoms with Crippen molar-refractivity contribution in [3.8, 4) is 0 Å². The summed E-state index contributed by atoms with van der Waals surface area (Å²) in [7, 11) is 0. The van der Waals surface area contributed by atoms with Crippen LogP contribution in [0, 0.1) is 0 Å². The predicted molar refractivity (Wildman–Crippen MR) is 77.3 cm³/mol. The number of hydrogen-bond acceptors (Lipinski definition) is 3. The summed E-state index contributed by atoms with van der Waals surface area (Å²) in [5, 5.41) is 5.67. The Hall–Kier alpha value is -1.59. The molecule has 4 N–H and O–H groups in total. The second-order valence-electron chi connectivity index (χ2n) is 4.92. The number of carbonyl (C=O) groups excluding carboxylic acids is 2. The van der Waals surface area contributed by atoms with E-state index in [1.54, 1.807) is 24.3 Å². The summed E-state index contributed by atoms with van der Waals surface area (Å²) in [5.41, 5.74) is 5.23. The molecular weight excluding hydrogens is 278 g/mol. The highest BCUT2D eigenvalue weighted by Gasteiger charge is 2.46. The topological polar surface area (TPSA) is 84.2 Å². The molecule has 108 valence electrons. The molecule has 1 atom stereocenters. The van der Waals surface area contributed by atoms with Gasteiger partial charge in [0.2, 0.25) is 0 Å². The quantitative estimate of drug-likeness (QED) is 0.553. The average Bonchev–Trinajstić information content (AvgIpc) is 2.71. The Morgan fingerprint density at radius 3 is 2.35 bits per heavy atom. The Morgan fingerprint density at radius 2 is 1.80 bits per heavy atom. The van der Waals surface area contributed by atoms with Crippen molar-refractivity contribution < 1.29 is 9.59 Å². The van der Waals surface area contributed by atoms with E-state index < -0.39 is 11.6 Å². The first kappa shape index (κ1) is 14.8. The minimum atomic E-state index is -0.990. The molecule has 0 spiro atoms. The summed E-state index contributed by atoms with van der Waals surface area (Å²) in [6, 6.07) is 6.53. The van der Waals surface area contributed by atoms with Crippen molar-refractivity contribution in [1.82, 2.24) is 10.6 Å². The van der Waals surface area contributed by atoms with Gasteiger partial charge in [-0.25, -0.2) is 4.79 Å². The van der Waals surface area contributed by atoms with Gasteiger partial charge >= 0.3 is 6.03 Å². The molecule has 5 nitrogen and oxygen atoms in total. The van der Waals surface area contributed by atoms with E-state index in [0.717, 1.165) is 24.8 Å². The number of carbonyl (C=O) groups is 2. The molecule has 0 aliphatic carbocycles. The van der Waals surface area contributed by atoms with Crippen LogP contribution < -0.4 is 16.4 Å². The van der Waals surface area contributed by atoms with Gasteiger partial charge in [-0.3, -0.25) is 10.1 Å². The lowest BCUT2D eigenvalue weighted by Gasteiger charge is -2.26. The molecular formula is C14H18ClN3O2. The van der Waals surface area contributed by atoms with Crippen molar-refractivity contribution in [1.29, 1.82) is 0 Å². The molecule has 1 aromatic rings. The zero-order valence-corrected chi connectivity index (χ0v) is 11.9. The van der Waals surface area contributed by atoms with Crippen LogP contribution in [-0.4, -0.2) is 18.5 Å². The zero-order chi connectivity index (χ0) is 14.6. The standard InChI is InChI=1S/C14H18ClN3O2/c15-11-6-4-10(5-7-11)14(8-2-1-3-9-16)12(19)17-13(20)18-14/h4-7H,1-3,8-9,16H2,(H2,17,18,19,20)/t14-/m0/s1. The summed E-state index contributed by atoms with van der Waals surface area (Å²) in [6.45, 7) is 0.631. The number of rotatable bonds is 6. The Morgan fingerprint density at radius 1 is 1.10 bits per heavy atom. The molecule has 0 saturated carbocycles. The summed E-state index contributed by atoms with van der Waals surface area (Å²) >= 11 is 5.87. The molecule has 1 fully saturated rings. The van der Waals surface area contributed by atoms with Crippen LogP contribution in [0.25, 0.3) is 0 Å². The normalized spacial score (nSPS) is 21.7. The van der Waals surface area contributed by atoms with Crippen LogP contribution in [0.1, 0.15) is 31.2 Å². The Bertz CT molecular complexity index is 504. The van der Waals surface area contributed by atoms with Gasteiger partial charge in [-0.05, 0) is 37.1 Å². The van der Waals surface area contributed by atoms with Crippen LogP contribution in [0.4, 0.5) is 4.79 Å². The zero-order valence-electron chi connectivity index (χ0n) is 11.1. The van der Waals surface area contributed by atoms with Crippen molar-refractivity contribution in [2.24, 2.45) is 5.73 Å². The maximum absolute atomic E-state index is 12.2. The predicted octanol–water partition coefficient (Wildman–Crippen LogP) is 1.89. The van der Waals surface area contributed by atoms with Crippen LogP contribution in [0.15, 0.2) is 24.3 Å². The van der Waals surface area contributed by atoms with E-state index in [4.69, 9.17) is 17.3 Å². The molecule has 20 heavy (non-hydrogen) atoms. The largest absolute Gasteiger partial charge is 0.330 e. The molecule has 0 bridgehead atoms. The van der Waals surface area contributed by atoms with E-state index >= 15 is 0 Å². The van der Waals surface area contributed by atoms with Crippen molar-refractivity contribution in [3.63, 3.8) is 0 Å². The van der Waals surface area contributed by atoms with E-state index in [1.807, 2.05) is 0 Å². The minimum absolute atomic E-state index is 0.308. The Labute approximate surface area is 122 Å². The van der Waals surface area contributed by atoms with Crippen LogP contribution in [0.3, 0.4) is 0 Å². The molecule has 1 heterocycles. The molecule has 1 aromatic carbocycles. The third kappa shape index (κ3) is 2.94. The van der Waals surface area contributed by atoms with Gasteiger partial charge in [-0.2, -0.15) is 0 Å². The first-order valence-corrected chi connectivity index (χ1v) is 7.06. The molecule has 0 radical (unpaired) electrons. The van der Waals surface area contributed by atoms with Crippen molar-refractivity contribution in [2.45, 2.75) is 31.2 Å². The van der Waals surface area contributed by atoms with E-state index in [-0.39, 0.29) is 5.91 Å². The summed E-state index contributed by atoms with van der Waals surface area (Å²) in [6.07, 6.45) is 3.20. The lowest BCUT2D eigenvalue weighted by atomic mass is 9.85. The maximum atomic E-state index is 12.2. The minimum Gasteiger partial charge on any atom is -0.330 e. The number of halogens is 1. The van der Waals surface area contributed by atoms with Gasteiger partial charge in [0.1, 0.15) is 5.54 Å². The highest BCUT2D eigenvalue weighted by molar-refractivity contribution is 6.30. The van der Waals surface area contributed by atoms with Crippen molar-refractivity contribution in [2.75, 3.05) is 6.54 Å². The van der Waals surface area contributed by atoms with Gasteiger partial charge < -0.3 is 11.1 Å². The fourth-order valence-corrected chi connectivity index (χ4v) is 2.59. The van der Waals surface area contributed by atoms with E-state index in [1.165, 1.54) is 0 Å². The third-order valence-electron chi connectivity index (χ3n) is 3.53. The third-order valence-corrected chi connectivity index (χ3v) is 3.79. The smallest absolute Gasteiger partial charge is 0.322 e. The SMILES string of the molecule is NCCCCC[C@@]1(c2ccc(Cl)cc2)NC(=O)NC1=O. The molecule has 0 aromatic heterocycles. The van der Waals surface area contributed by atoms with E-state index in [0.29, 0.717) is 18.0 Å². The lowest BCUT2D eigenvalue weighted by molar-refractivity contribution is -0.124. The highest BCUT2D eigenvalue weighted by Crippen LogP contribution is 2.31. The molecule has 3 amide bonds. The molecule has 0 unspecified atom stereocenters. The molecule has 2 rings (SSSR count). The number of urea groups is 1. The number of nitrogens with one attached hydrogen (secondary N) is 2. The number of unbranched alkanes of at least 4 members (excludes halogenated alkanes) is 2. The highest BCUT2D eigenvalue weighted by atomic mass is 35.5. The summed E-state index contributed by atoms with van der Waals surface area (Å²) in [5.74, 6) is -0.308. The van der Waals surface area contributed by atoms with E-state index in [2.05, 4.69) is 10.6 Å². The summed E-state index contributed by atoms with van der Waals surface area (Å²) in [4.78, 5) is 23.7. The molecule has 1 saturated heterocycles. The molecule has 1 aliphatic heterocycles. The maximum Gasteiger partial charge on any atom is 0.322 e. The number of benzene rings is 1. The van der Waals surface area contributed by atoms with Crippen LogP contribution in [0.5, 0.6) is 0 Å². The van der Waals surface area contributed by atoms with Crippen LogP contribution in [0.2, 0.25) is 5.02 Å². The van der Waals surface area contributed by atoms with Gasteiger partial charge in [0.15, 0.2) is 0 Å². The Kier molecular flexibility index (Phi) is 4.62. The fourth-order valence-electron chi connectivity index (χ4n) is 2.46. The van der Waals surface area contributed by atoms with Gasteiger partial charge in [-0.15, -0.1) is 0 Å². The molecule has 1 aliphatic rings. The first-order chi connectivity index (χ1) is 9.58. The van der Waals surface area contributed by atoms with Crippen molar-refractivity contribution in [3.05, 3.63) is 34.9 Å². The van der Waals surface area contributed by atoms with Gasteiger partial charge in [-0.1, -0.05) is 36.6 Å². The van der Waals surface area contributed by atoms with Gasteiger partial charge in [0.05, 0.1) is 0 Å². The summed E-state index contributed by atoms with van der Waals surface area (Å²) < 4.78 is 0. The number of imide groups is 1. The van der Waals surface area contributed by atoms with Gasteiger partial charge in [0.25, 0.3) is 5.91 Å². The first-order valence-electron chi connectivity index (χ1n) is 6.68. The fraction of sp³-hybridized carbons (Fsp3) is 0.429. The van der Waals surface area contributed by atoms with Gasteiger partial charge in [0, 0.05) is 5.02 Å². The van der Waals surface area contributed by atoms with Crippen LogP contribution in [-0.2, 0) is 10.3 Å². The Balaban J connectivity index is 2.22. The van der Waals surface area contributed by atoms with E-state index in [9.17, 15) is 9.59 Å². The number of amides is 3. The van der Waals surface area contributed by atoms with Crippen LogP contribution >= 0.6 is 11.6 Å².